The second-order valence-electron chi connectivity index (χ2n) is 4.77. The summed E-state index contributed by atoms with van der Waals surface area (Å²) in [6, 6.07) is 0. The fourth-order valence-electron chi connectivity index (χ4n) is 2.06. The Hall–Kier alpha value is 0.507. The highest BCUT2D eigenvalue weighted by molar-refractivity contribution is 6.78. The third-order valence-corrected chi connectivity index (χ3v) is 6.44. The van der Waals surface area contributed by atoms with Gasteiger partial charge >= 0.3 is 0 Å². The summed E-state index contributed by atoms with van der Waals surface area (Å²) in [5.74, 6) is 0. The Morgan fingerprint density at radius 3 is 2.00 bits per heavy atom. The molecule has 11 heavy (non-hydrogen) atoms. The van der Waals surface area contributed by atoms with Gasteiger partial charge in [0.1, 0.15) is 0 Å². The number of halogens is 1. The number of rotatable bonds is 1. The Kier molecular flexibility index (Phi) is 3.04. The maximum Gasteiger partial charge on any atom is 0.0489 e. The van der Waals surface area contributed by atoms with Gasteiger partial charge in [-0.25, -0.2) is 0 Å². The van der Waals surface area contributed by atoms with E-state index in [2.05, 4.69) is 19.6 Å². The first-order valence-electron chi connectivity index (χ1n) is 4.66. The maximum atomic E-state index is 6.30. The smallest absolute Gasteiger partial charge is 0.0489 e. The van der Waals surface area contributed by atoms with Crippen LogP contribution < -0.4 is 0 Å². The molecule has 0 aromatic carbocycles. The molecule has 2 atom stereocenters. The standard InChI is InChI=1S/C9H19ClSi/c1-11(2,3)9-7-5-4-6-8(9)10/h8-9H,4-7H2,1-3H3/t8-,9-/m0/s1. The normalized spacial score (nSPS) is 33.8. The van der Waals surface area contributed by atoms with Crippen LogP contribution in [-0.2, 0) is 0 Å². The lowest BCUT2D eigenvalue weighted by atomic mass is 9.99. The van der Waals surface area contributed by atoms with Gasteiger partial charge in [0.15, 0.2) is 0 Å². The Labute approximate surface area is 76.3 Å². The van der Waals surface area contributed by atoms with Gasteiger partial charge in [0.05, 0.1) is 0 Å². The fourth-order valence-corrected chi connectivity index (χ4v) is 5.80. The van der Waals surface area contributed by atoms with Crippen LogP contribution in [0.25, 0.3) is 0 Å². The molecule has 0 nitrogen and oxygen atoms in total. The van der Waals surface area contributed by atoms with Gasteiger partial charge in [-0.05, 0) is 12.0 Å². The lowest BCUT2D eigenvalue weighted by Crippen LogP contribution is -2.35. The minimum atomic E-state index is -0.951. The predicted octanol–water partition coefficient (Wildman–Crippen LogP) is 3.88. The van der Waals surface area contributed by atoms with Gasteiger partial charge in [-0.3, -0.25) is 0 Å². The highest BCUT2D eigenvalue weighted by atomic mass is 35.5. The van der Waals surface area contributed by atoms with Crippen LogP contribution >= 0.6 is 11.6 Å². The molecule has 0 aromatic rings. The van der Waals surface area contributed by atoms with E-state index in [-0.39, 0.29) is 0 Å². The summed E-state index contributed by atoms with van der Waals surface area (Å²) < 4.78 is 0. The Morgan fingerprint density at radius 2 is 1.64 bits per heavy atom. The minimum absolute atomic E-state index is 0.496. The van der Waals surface area contributed by atoms with Gasteiger partial charge in [0.25, 0.3) is 0 Å². The second kappa shape index (κ2) is 3.49. The van der Waals surface area contributed by atoms with E-state index in [9.17, 15) is 0 Å². The zero-order valence-electron chi connectivity index (χ0n) is 7.86. The fraction of sp³-hybridized carbons (Fsp3) is 1.00. The van der Waals surface area contributed by atoms with Crippen molar-refractivity contribution in [1.29, 1.82) is 0 Å². The molecule has 0 aliphatic heterocycles. The molecule has 0 amide bonds. The summed E-state index contributed by atoms with van der Waals surface area (Å²) in [6.07, 6.45) is 5.42. The summed E-state index contributed by atoms with van der Waals surface area (Å²) >= 11 is 6.30. The van der Waals surface area contributed by atoms with E-state index < -0.39 is 8.07 Å². The van der Waals surface area contributed by atoms with Crippen LogP contribution in [-0.4, -0.2) is 13.5 Å². The van der Waals surface area contributed by atoms with Crippen molar-refractivity contribution in [1.82, 2.24) is 0 Å². The highest BCUT2D eigenvalue weighted by Gasteiger charge is 2.33. The van der Waals surface area contributed by atoms with Crippen LogP contribution in [0.2, 0.25) is 25.2 Å². The van der Waals surface area contributed by atoms with Crippen LogP contribution in [0.3, 0.4) is 0 Å². The Morgan fingerprint density at radius 1 is 1.09 bits per heavy atom. The molecule has 1 aliphatic carbocycles. The summed E-state index contributed by atoms with van der Waals surface area (Å²) in [5, 5.41) is 0.496. The lowest BCUT2D eigenvalue weighted by Gasteiger charge is -2.36. The highest BCUT2D eigenvalue weighted by Crippen LogP contribution is 2.39. The molecule has 0 spiro atoms. The molecule has 0 radical (unpaired) electrons. The van der Waals surface area contributed by atoms with Gasteiger partial charge in [-0.1, -0.05) is 38.9 Å². The van der Waals surface area contributed by atoms with Crippen molar-refractivity contribution in [3.05, 3.63) is 0 Å². The topological polar surface area (TPSA) is 0 Å². The summed E-state index contributed by atoms with van der Waals surface area (Å²) in [6.45, 7) is 7.33. The van der Waals surface area contributed by atoms with Crippen molar-refractivity contribution in [2.45, 2.75) is 56.2 Å². The molecule has 1 rings (SSSR count). The number of alkyl halides is 1. The molecule has 0 saturated heterocycles. The maximum absolute atomic E-state index is 6.30. The molecule has 2 heteroatoms. The van der Waals surface area contributed by atoms with Crippen molar-refractivity contribution in [3.8, 4) is 0 Å². The largest absolute Gasteiger partial charge is 0.123 e. The molecule has 66 valence electrons. The molecule has 1 aliphatic rings. The van der Waals surface area contributed by atoms with Gasteiger partial charge < -0.3 is 0 Å². The van der Waals surface area contributed by atoms with E-state index in [0.717, 1.165) is 5.54 Å². The van der Waals surface area contributed by atoms with Gasteiger partial charge in [0, 0.05) is 13.5 Å². The molecule has 0 aromatic heterocycles. The summed E-state index contributed by atoms with van der Waals surface area (Å²) in [5.41, 5.74) is 0.873. The zero-order chi connectivity index (χ0) is 8.48. The first-order valence-corrected chi connectivity index (χ1v) is 8.67. The zero-order valence-corrected chi connectivity index (χ0v) is 9.62. The molecule has 1 saturated carbocycles. The number of hydrogen-bond acceptors (Lipinski definition) is 0. The predicted molar refractivity (Wildman–Crippen MR) is 55.2 cm³/mol. The quantitative estimate of drug-likeness (QED) is 0.435. The van der Waals surface area contributed by atoms with Crippen LogP contribution in [0, 0.1) is 0 Å². The van der Waals surface area contributed by atoms with Crippen molar-refractivity contribution in [3.63, 3.8) is 0 Å². The van der Waals surface area contributed by atoms with E-state index in [1.54, 1.807) is 0 Å². The molecular weight excluding hydrogens is 172 g/mol. The molecule has 0 bridgehead atoms. The van der Waals surface area contributed by atoms with Crippen LogP contribution in [0.1, 0.15) is 25.7 Å². The van der Waals surface area contributed by atoms with Crippen LogP contribution in [0.4, 0.5) is 0 Å². The Balaban J connectivity index is 2.55. The van der Waals surface area contributed by atoms with Crippen molar-refractivity contribution >= 4 is 19.7 Å². The van der Waals surface area contributed by atoms with Gasteiger partial charge in [-0.15, -0.1) is 11.6 Å². The SMILES string of the molecule is C[Si](C)(C)[C@H]1CCCC[C@@H]1Cl. The van der Waals surface area contributed by atoms with Gasteiger partial charge in [0.2, 0.25) is 0 Å². The third kappa shape index (κ3) is 2.48. The third-order valence-electron chi connectivity index (χ3n) is 2.79. The second-order valence-corrected chi connectivity index (χ2v) is 10.8. The molecule has 0 N–H and O–H groups in total. The minimum Gasteiger partial charge on any atom is -0.123 e. The number of hydrogen-bond donors (Lipinski definition) is 0. The van der Waals surface area contributed by atoms with Crippen LogP contribution in [0.15, 0.2) is 0 Å². The molecule has 0 unspecified atom stereocenters. The monoisotopic (exact) mass is 190 g/mol. The first-order chi connectivity index (χ1) is 5.02. The Bertz CT molecular complexity index is 128. The molecular formula is C9H19ClSi. The van der Waals surface area contributed by atoms with E-state index in [4.69, 9.17) is 11.6 Å². The lowest BCUT2D eigenvalue weighted by molar-refractivity contribution is 0.499. The van der Waals surface area contributed by atoms with E-state index >= 15 is 0 Å². The molecule has 0 heterocycles. The van der Waals surface area contributed by atoms with E-state index in [1.807, 2.05) is 0 Å². The first kappa shape index (κ1) is 9.59. The average Bonchev–Trinajstić information content (AvgIpc) is 1.86. The van der Waals surface area contributed by atoms with Crippen LogP contribution in [0.5, 0.6) is 0 Å². The summed E-state index contributed by atoms with van der Waals surface area (Å²) in [7, 11) is -0.951. The molecule has 1 fully saturated rings. The van der Waals surface area contributed by atoms with Crippen molar-refractivity contribution < 1.29 is 0 Å². The van der Waals surface area contributed by atoms with Crippen molar-refractivity contribution in [2.75, 3.05) is 0 Å². The van der Waals surface area contributed by atoms with Gasteiger partial charge in [-0.2, -0.15) is 0 Å². The summed E-state index contributed by atoms with van der Waals surface area (Å²) in [4.78, 5) is 0. The van der Waals surface area contributed by atoms with E-state index in [1.165, 1.54) is 25.7 Å². The van der Waals surface area contributed by atoms with Crippen molar-refractivity contribution in [2.24, 2.45) is 0 Å². The van der Waals surface area contributed by atoms with E-state index in [0.29, 0.717) is 5.38 Å². The average molecular weight is 191 g/mol.